The van der Waals surface area contributed by atoms with Crippen LogP contribution in [0.5, 0.6) is 0 Å². The smallest absolute Gasteiger partial charge is 0.159 e. The van der Waals surface area contributed by atoms with Gasteiger partial charge in [-0.2, -0.15) is 0 Å². The number of furan rings is 1. The summed E-state index contributed by atoms with van der Waals surface area (Å²) in [6, 6.07) is 63.6. The van der Waals surface area contributed by atoms with Crippen LogP contribution in [0.1, 0.15) is 0 Å². The summed E-state index contributed by atoms with van der Waals surface area (Å²) in [6.07, 6.45) is 0. The molecule has 0 atom stereocenters. The van der Waals surface area contributed by atoms with Crippen LogP contribution in [0.25, 0.3) is 103 Å². The molecule has 0 N–H and O–H groups in total. The predicted octanol–water partition coefficient (Wildman–Crippen LogP) is 14.1. The second-order valence-corrected chi connectivity index (χ2v) is 14.4. The van der Waals surface area contributed by atoms with E-state index in [4.69, 9.17) is 4.42 Å². The van der Waals surface area contributed by atoms with Gasteiger partial charge in [0.25, 0.3) is 0 Å². The maximum absolute atomic E-state index is 7.09. The van der Waals surface area contributed by atoms with E-state index in [-0.39, 0.29) is 0 Å². The van der Waals surface area contributed by atoms with Crippen LogP contribution in [0.3, 0.4) is 0 Å². The molecule has 3 heterocycles. The largest absolute Gasteiger partial charge is 0.453 e. The Kier molecular flexibility index (Phi) is 6.16. The van der Waals surface area contributed by atoms with Crippen LogP contribution >= 0.6 is 11.3 Å². The monoisotopic (exact) mass is 667 g/mol. The van der Waals surface area contributed by atoms with E-state index >= 15 is 0 Å². The lowest BCUT2D eigenvalue weighted by atomic mass is 9.95. The molecule has 0 saturated carbocycles. The standard InChI is InChI=1S/C48H29NOS/c1-3-12-30(13-4-1)33-22-24-36-35-16-7-9-19-42(35)49(44(36)29-33)43-20-11-18-38-41-28-34(27-39(47(41)50-48(38)43)31-14-5-2-6-15-31)32-23-25-46-40(26-32)37-17-8-10-21-45(37)51-46/h1-29H. The van der Waals surface area contributed by atoms with Crippen molar-refractivity contribution in [3.8, 4) is 39.1 Å². The van der Waals surface area contributed by atoms with Crippen molar-refractivity contribution >= 4 is 75.3 Å². The van der Waals surface area contributed by atoms with Crippen molar-refractivity contribution in [2.45, 2.75) is 0 Å². The van der Waals surface area contributed by atoms with Crippen LogP contribution in [0.2, 0.25) is 0 Å². The Hall–Kier alpha value is -6.42. The highest BCUT2D eigenvalue weighted by molar-refractivity contribution is 7.25. The fourth-order valence-electron chi connectivity index (χ4n) is 8.01. The Labute approximate surface area is 298 Å². The van der Waals surface area contributed by atoms with Gasteiger partial charge in [0.1, 0.15) is 5.58 Å². The van der Waals surface area contributed by atoms with Gasteiger partial charge in [-0.05, 0) is 76.3 Å². The molecule has 0 aliphatic carbocycles. The molecule has 51 heavy (non-hydrogen) atoms. The molecule has 0 saturated heterocycles. The third-order valence-electron chi connectivity index (χ3n) is 10.4. The molecule has 0 aliphatic heterocycles. The summed E-state index contributed by atoms with van der Waals surface area (Å²) in [5.74, 6) is 0. The van der Waals surface area contributed by atoms with E-state index in [1.165, 1.54) is 53.2 Å². The number of aromatic nitrogens is 1. The van der Waals surface area contributed by atoms with Gasteiger partial charge in [0.15, 0.2) is 5.58 Å². The summed E-state index contributed by atoms with van der Waals surface area (Å²) >= 11 is 1.86. The van der Waals surface area contributed by atoms with Gasteiger partial charge >= 0.3 is 0 Å². The molecular weight excluding hydrogens is 639 g/mol. The van der Waals surface area contributed by atoms with Crippen molar-refractivity contribution in [2.75, 3.05) is 0 Å². The summed E-state index contributed by atoms with van der Waals surface area (Å²) in [7, 11) is 0. The van der Waals surface area contributed by atoms with Crippen molar-refractivity contribution in [3.63, 3.8) is 0 Å². The molecule has 3 aromatic heterocycles. The van der Waals surface area contributed by atoms with Crippen molar-refractivity contribution in [1.29, 1.82) is 0 Å². The summed E-state index contributed by atoms with van der Waals surface area (Å²) in [4.78, 5) is 0. The first kappa shape index (κ1) is 28.4. The summed E-state index contributed by atoms with van der Waals surface area (Å²) in [6.45, 7) is 0. The number of benzene rings is 8. The van der Waals surface area contributed by atoms with Gasteiger partial charge < -0.3 is 8.98 Å². The highest BCUT2D eigenvalue weighted by Gasteiger charge is 2.21. The first-order valence-corrected chi connectivity index (χ1v) is 18.2. The Morgan fingerprint density at radius 3 is 1.86 bits per heavy atom. The van der Waals surface area contributed by atoms with Crippen molar-refractivity contribution in [2.24, 2.45) is 0 Å². The lowest BCUT2D eigenvalue weighted by Crippen LogP contribution is -1.94. The topological polar surface area (TPSA) is 18.1 Å². The lowest BCUT2D eigenvalue weighted by Gasteiger charge is -2.09. The maximum Gasteiger partial charge on any atom is 0.159 e. The van der Waals surface area contributed by atoms with Crippen LogP contribution in [0.4, 0.5) is 0 Å². The molecule has 8 aromatic carbocycles. The lowest BCUT2D eigenvalue weighted by molar-refractivity contribution is 0.667. The highest BCUT2D eigenvalue weighted by atomic mass is 32.1. The van der Waals surface area contributed by atoms with Crippen LogP contribution in [0.15, 0.2) is 180 Å². The van der Waals surface area contributed by atoms with Crippen molar-refractivity contribution < 1.29 is 4.42 Å². The van der Waals surface area contributed by atoms with E-state index in [0.29, 0.717) is 0 Å². The van der Waals surface area contributed by atoms with Gasteiger partial charge in [-0.15, -0.1) is 11.3 Å². The number of hydrogen-bond donors (Lipinski definition) is 0. The molecule has 0 spiro atoms. The van der Waals surface area contributed by atoms with Gasteiger partial charge in [0.2, 0.25) is 0 Å². The normalized spacial score (nSPS) is 11.9. The number of hydrogen-bond acceptors (Lipinski definition) is 2. The fraction of sp³-hybridized carbons (Fsp3) is 0. The number of fused-ring (bicyclic) bond motifs is 9. The molecule has 0 fully saturated rings. The second-order valence-electron chi connectivity index (χ2n) is 13.3. The zero-order chi connectivity index (χ0) is 33.5. The minimum Gasteiger partial charge on any atom is -0.453 e. The Morgan fingerprint density at radius 1 is 0.353 bits per heavy atom. The van der Waals surface area contributed by atoms with Crippen molar-refractivity contribution in [1.82, 2.24) is 4.57 Å². The van der Waals surface area contributed by atoms with E-state index in [2.05, 4.69) is 180 Å². The average Bonchev–Trinajstić information content (AvgIpc) is 3.87. The number of thiophene rings is 1. The zero-order valence-electron chi connectivity index (χ0n) is 27.5. The predicted molar refractivity (Wildman–Crippen MR) is 217 cm³/mol. The molecule has 11 rings (SSSR count). The Bertz CT molecular complexity index is 3130. The molecular formula is C48H29NOS. The number of rotatable bonds is 4. The summed E-state index contributed by atoms with van der Waals surface area (Å²) in [5.41, 5.74) is 12.1. The summed E-state index contributed by atoms with van der Waals surface area (Å²) < 4.78 is 12.1. The third kappa shape index (κ3) is 4.35. The Balaban J connectivity index is 1.20. The van der Waals surface area contributed by atoms with E-state index in [0.717, 1.165) is 49.8 Å². The third-order valence-corrected chi connectivity index (χ3v) is 11.5. The highest BCUT2D eigenvalue weighted by Crippen LogP contribution is 2.44. The van der Waals surface area contributed by atoms with Gasteiger partial charge in [0.05, 0.1) is 16.7 Å². The van der Waals surface area contributed by atoms with Gasteiger partial charge in [0, 0.05) is 47.3 Å². The van der Waals surface area contributed by atoms with Crippen molar-refractivity contribution in [3.05, 3.63) is 176 Å². The molecule has 2 nitrogen and oxygen atoms in total. The SMILES string of the molecule is c1ccc(-c2ccc3c4ccccc4n(-c4cccc5c4oc4c(-c6ccccc6)cc(-c6ccc7sc8ccccc8c7c6)cc45)c3c2)cc1. The van der Waals surface area contributed by atoms with Gasteiger partial charge in [-0.1, -0.05) is 127 Å². The van der Waals surface area contributed by atoms with E-state index in [9.17, 15) is 0 Å². The molecule has 0 unspecified atom stereocenters. The van der Waals surface area contributed by atoms with E-state index in [1.807, 2.05) is 11.3 Å². The van der Waals surface area contributed by atoms with Crippen LogP contribution in [-0.2, 0) is 0 Å². The minimum absolute atomic E-state index is 0.883. The second kappa shape index (κ2) is 11.0. The zero-order valence-corrected chi connectivity index (χ0v) is 28.3. The average molecular weight is 668 g/mol. The number of nitrogens with zero attached hydrogens (tertiary/aromatic N) is 1. The maximum atomic E-state index is 7.09. The molecule has 11 aromatic rings. The molecule has 3 heteroatoms. The quantitative estimate of drug-likeness (QED) is 0.183. The van der Waals surface area contributed by atoms with Crippen LogP contribution < -0.4 is 0 Å². The van der Waals surface area contributed by atoms with Gasteiger partial charge in [-0.3, -0.25) is 0 Å². The fourth-order valence-corrected chi connectivity index (χ4v) is 9.09. The van der Waals surface area contributed by atoms with E-state index < -0.39 is 0 Å². The molecule has 0 radical (unpaired) electrons. The molecule has 0 aliphatic rings. The molecule has 0 bridgehead atoms. The first-order valence-electron chi connectivity index (χ1n) is 17.3. The Morgan fingerprint density at radius 2 is 1.00 bits per heavy atom. The minimum atomic E-state index is 0.883. The first-order chi connectivity index (χ1) is 25.3. The molecule has 238 valence electrons. The number of para-hydroxylation sites is 2. The van der Waals surface area contributed by atoms with Gasteiger partial charge in [-0.25, -0.2) is 0 Å². The van der Waals surface area contributed by atoms with Crippen LogP contribution in [-0.4, -0.2) is 4.57 Å². The molecule has 0 amide bonds. The van der Waals surface area contributed by atoms with E-state index in [1.54, 1.807) is 0 Å². The van der Waals surface area contributed by atoms with Crippen LogP contribution in [0, 0.1) is 0 Å². The summed E-state index contributed by atoms with van der Waals surface area (Å²) in [5, 5.41) is 7.28.